The molecule has 0 aliphatic carbocycles. The Hall–Kier alpha value is -2.19. The molecule has 0 saturated carbocycles. The summed E-state index contributed by atoms with van der Waals surface area (Å²) in [6.45, 7) is 0.753. The first-order valence-electron chi connectivity index (χ1n) is 7.00. The summed E-state index contributed by atoms with van der Waals surface area (Å²) < 4.78 is 6.08. The molecule has 0 spiro atoms. The number of anilines is 2. The minimum absolute atomic E-state index is 0.566. The van der Waals surface area contributed by atoms with Crippen LogP contribution in [0.25, 0.3) is 10.8 Å². The van der Waals surface area contributed by atoms with Crippen molar-refractivity contribution in [1.82, 2.24) is 0 Å². The molecule has 0 radical (unpaired) electrons. The van der Waals surface area contributed by atoms with Crippen molar-refractivity contribution in [2.75, 3.05) is 17.3 Å². The molecule has 0 unspecified atom stereocenters. The Labute approximate surface area is 128 Å². The third kappa shape index (κ3) is 1.95. The maximum atomic E-state index is 6.08. The molecule has 104 valence electrons. The zero-order valence-electron chi connectivity index (χ0n) is 11.4. The molecule has 0 N–H and O–H groups in total. The number of para-hydroxylation sites is 2. The number of ether oxygens (including phenoxy) is 1. The largest absolute Gasteiger partial charge is 0.453 e. The van der Waals surface area contributed by atoms with Crippen molar-refractivity contribution in [2.24, 2.45) is 0 Å². The SMILES string of the molecule is ClCCN1c2ccccc2Oc2ccc3ccccc3c21. The van der Waals surface area contributed by atoms with E-state index < -0.39 is 0 Å². The highest BCUT2D eigenvalue weighted by Crippen LogP contribution is 2.49. The maximum Gasteiger partial charge on any atom is 0.151 e. The second kappa shape index (κ2) is 4.97. The van der Waals surface area contributed by atoms with Crippen LogP contribution in [0, 0.1) is 0 Å². The number of fused-ring (bicyclic) bond motifs is 4. The summed E-state index contributed by atoms with van der Waals surface area (Å²) in [5.74, 6) is 2.33. The van der Waals surface area contributed by atoms with E-state index in [1.165, 1.54) is 10.8 Å². The van der Waals surface area contributed by atoms with Gasteiger partial charge in [0.2, 0.25) is 0 Å². The normalized spacial score (nSPS) is 12.7. The van der Waals surface area contributed by atoms with Crippen molar-refractivity contribution in [3.63, 3.8) is 0 Å². The quantitative estimate of drug-likeness (QED) is 0.593. The van der Waals surface area contributed by atoms with Crippen molar-refractivity contribution in [1.29, 1.82) is 0 Å². The predicted molar refractivity (Wildman–Crippen MR) is 88.2 cm³/mol. The first-order valence-corrected chi connectivity index (χ1v) is 7.54. The summed E-state index contributed by atoms with van der Waals surface area (Å²) in [5, 5.41) is 2.40. The van der Waals surface area contributed by atoms with Gasteiger partial charge in [0, 0.05) is 17.8 Å². The van der Waals surface area contributed by atoms with Crippen LogP contribution in [0.3, 0.4) is 0 Å². The van der Waals surface area contributed by atoms with Crippen LogP contribution in [0.5, 0.6) is 11.5 Å². The Morgan fingerprint density at radius 3 is 2.57 bits per heavy atom. The number of nitrogens with zero attached hydrogens (tertiary/aromatic N) is 1. The number of hydrogen-bond acceptors (Lipinski definition) is 2. The minimum atomic E-state index is 0.566. The summed E-state index contributed by atoms with van der Waals surface area (Å²) in [7, 11) is 0. The molecule has 3 aromatic rings. The number of benzene rings is 3. The Kier molecular flexibility index (Phi) is 2.97. The molecule has 0 saturated heterocycles. The van der Waals surface area contributed by atoms with E-state index in [2.05, 4.69) is 41.3 Å². The molecule has 0 aromatic heterocycles. The van der Waals surface area contributed by atoms with Gasteiger partial charge >= 0.3 is 0 Å². The Bertz CT molecular complexity index is 815. The van der Waals surface area contributed by atoms with Gasteiger partial charge in [-0.15, -0.1) is 11.6 Å². The second-order valence-electron chi connectivity index (χ2n) is 5.04. The first kappa shape index (κ1) is 12.5. The minimum Gasteiger partial charge on any atom is -0.453 e. The van der Waals surface area contributed by atoms with Gasteiger partial charge in [0.05, 0.1) is 11.4 Å². The molecule has 1 aliphatic rings. The zero-order chi connectivity index (χ0) is 14.2. The van der Waals surface area contributed by atoms with Gasteiger partial charge in [-0.1, -0.05) is 42.5 Å². The van der Waals surface area contributed by atoms with E-state index in [4.69, 9.17) is 16.3 Å². The van der Waals surface area contributed by atoms with Gasteiger partial charge in [-0.2, -0.15) is 0 Å². The molecule has 2 nitrogen and oxygen atoms in total. The van der Waals surface area contributed by atoms with Gasteiger partial charge in [-0.3, -0.25) is 0 Å². The molecule has 0 fully saturated rings. The lowest BCUT2D eigenvalue weighted by atomic mass is 10.0. The van der Waals surface area contributed by atoms with Crippen LogP contribution in [-0.2, 0) is 0 Å². The molecule has 4 rings (SSSR count). The molecule has 0 atom stereocenters. The van der Waals surface area contributed by atoms with Crippen LogP contribution >= 0.6 is 11.6 Å². The van der Waals surface area contributed by atoms with E-state index >= 15 is 0 Å². The number of rotatable bonds is 2. The summed E-state index contributed by atoms with van der Waals surface area (Å²) in [5.41, 5.74) is 2.18. The van der Waals surface area contributed by atoms with Crippen molar-refractivity contribution in [2.45, 2.75) is 0 Å². The van der Waals surface area contributed by atoms with Crippen LogP contribution in [0.1, 0.15) is 0 Å². The molecule has 0 bridgehead atoms. The van der Waals surface area contributed by atoms with Crippen LogP contribution in [-0.4, -0.2) is 12.4 Å². The highest BCUT2D eigenvalue weighted by atomic mass is 35.5. The van der Waals surface area contributed by atoms with Crippen LogP contribution in [0.4, 0.5) is 11.4 Å². The van der Waals surface area contributed by atoms with Crippen LogP contribution < -0.4 is 9.64 Å². The predicted octanol–water partition coefficient (Wildman–Crippen LogP) is 5.32. The highest BCUT2D eigenvalue weighted by molar-refractivity contribution is 6.18. The van der Waals surface area contributed by atoms with E-state index in [0.717, 1.165) is 29.4 Å². The smallest absolute Gasteiger partial charge is 0.151 e. The summed E-state index contributed by atoms with van der Waals surface area (Å²) >= 11 is 6.04. The molecular weight excluding hydrogens is 282 g/mol. The molecule has 3 aromatic carbocycles. The van der Waals surface area contributed by atoms with Crippen molar-refractivity contribution < 1.29 is 4.74 Å². The van der Waals surface area contributed by atoms with E-state index in [1.807, 2.05) is 24.3 Å². The molecule has 21 heavy (non-hydrogen) atoms. The molecule has 3 heteroatoms. The maximum absolute atomic E-state index is 6.08. The van der Waals surface area contributed by atoms with Crippen molar-refractivity contribution in [3.05, 3.63) is 60.7 Å². The topological polar surface area (TPSA) is 12.5 Å². The third-order valence-corrected chi connectivity index (χ3v) is 3.99. The molecule has 1 heterocycles. The fourth-order valence-corrected chi connectivity index (χ4v) is 3.09. The van der Waals surface area contributed by atoms with E-state index in [-0.39, 0.29) is 0 Å². The van der Waals surface area contributed by atoms with Gasteiger partial charge in [0.15, 0.2) is 11.5 Å². The number of hydrogen-bond donors (Lipinski definition) is 0. The fraction of sp³-hybridized carbons (Fsp3) is 0.111. The Balaban J connectivity index is 2.00. The van der Waals surface area contributed by atoms with E-state index in [1.54, 1.807) is 0 Å². The number of halogens is 1. The van der Waals surface area contributed by atoms with Gasteiger partial charge in [0.1, 0.15) is 0 Å². The van der Waals surface area contributed by atoms with Crippen LogP contribution in [0.2, 0.25) is 0 Å². The third-order valence-electron chi connectivity index (χ3n) is 3.82. The Morgan fingerprint density at radius 2 is 1.67 bits per heavy atom. The summed E-state index contributed by atoms with van der Waals surface area (Å²) in [6, 6.07) is 20.6. The van der Waals surface area contributed by atoms with Crippen LogP contribution in [0.15, 0.2) is 60.7 Å². The van der Waals surface area contributed by atoms with E-state index in [9.17, 15) is 0 Å². The monoisotopic (exact) mass is 295 g/mol. The zero-order valence-corrected chi connectivity index (χ0v) is 12.2. The van der Waals surface area contributed by atoms with Gasteiger partial charge in [0.25, 0.3) is 0 Å². The lowest BCUT2D eigenvalue weighted by Gasteiger charge is -2.33. The summed E-state index contributed by atoms with van der Waals surface area (Å²) in [4.78, 5) is 2.25. The van der Waals surface area contributed by atoms with Crippen molar-refractivity contribution >= 4 is 33.7 Å². The van der Waals surface area contributed by atoms with Crippen molar-refractivity contribution in [3.8, 4) is 11.5 Å². The second-order valence-corrected chi connectivity index (χ2v) is 5.42. The Morgan fingerprint density at radius 1 is 0.857 bits per heavy atom. The first-order chi connectivity index (χ1) is 10.4. The lowest BCUT2D eigenvalue weighted by molar-refractivity contribution is 0.475. The average Bonchev–Trinajstić information content (AvgIpc) is 2.54. The van der Waals surface area contributed by atoms with Gasteiger partial charge in [-0.05, 0) is 23.6 Å². The standard InChI is InChI=1S/C18H14ClNO/c19-11-12-20-15-7-3-4-8-16(15)21-17-10-9-13-5-1-2-6-14(13)18(17)20/h1-10H,11-12H2. The average molecular weight is 296 g/mol. The molecular formula is C18H14ClNO. The lowest BCUT2D eigenvalue weighted by Crippen LogP contribution is -2.23. The molecule has 0 amide bonds. The van der Waals surface area contributed by atoms with E-state index in [0.29, 0.717) is 5.88 Å². The highest BCUT2D eigenvalue weighted by Gasteiger charge is 2.25. The van der Waals surface area contributed by atoms with Gasteiger partial charge < -0.3 is 9.64 Å². The summed E-state index contributed by atoms with van der Waals surface area (Å²) in [6.07, 6.45) is 0. The molecule has 1 aliphatic heterocycles. The number of alkyl halides is 1. The fourth-order valence-electron chi connectivity index (χ4n) is 2.92. The van der Waals surface area contributed by atoms with Gasteiger partial charge in [-0.25, -0.2) is 0 Å².